The summed E-state index contributed by atoms with van der Waals surface area (Å²) >= 11 is 3.14. The van der Waals surface area contributed by atoms with Crippen LogP contribution < -0.4 is 14.4 Å². The predicted molar refractivity (Wildman–Crippen MR) is 135 cm³/mol. The van der Waals surface area contributed by atoms with Crippen LogP contribution in [0.4, 0.5) is 5.13 Å². The van der Waals surface area contributed by atoms with Gasteiger partial charge in [-0.25, -0.2) is 4.98 Å². The predicted octanol–water partition coefficient (Wildman–Crippen LogP) is 6.27. The van der Waals surface area contributed by atoms with Gasteiger partial charge in [-0.05, 0) is 23.3 Å². The van der Waals surface area contributed by atoms with Crippen molar-refractivity contribution in [1.29, 1.82) is 0 Å². The molecule has 33 heavy (non-hydrogen) atoms. The van der Waals surface area contributed by atoms with E-state index in [1.54, 1.807) is 37.3 Å². The summed E-state index contributed by atoms with van der Waals surface area (Å²) < 4.78 is 10.9. The van der Waals surface area contributed by atoms with E-state index in [1.165, 1.54) is 0 Å². The molecule has 1 aliphatic heterocycles. The van der Waals surface area contributed by atoms with Crippen LogP contribution in [0.5, 0.6) is 11.5 Å². The Balaban J connectivity index is 1.60. The number of methoxy groups -OCH3 is 2. The Hall–Kier alpha value is -3.29. The monoisotopic (exact) mass is 474 g/mol. The fourth-order valence-electron chi connectivity index (χ4n) is 3.87. The van der Waals surface area contributed by atoms with E-state index < -0.39 is 0 Å². The lowest BCUT2D eigenvalue weighted by molar-refractivity contribution is -0.115. The summed E-state index contributed by atoms with van der Waals surface area (Å²) in [4.78, 5) is 20.9. The van der Waals surface area contributed by atoms with Crippen LogP contribution in [0.1, 0.15) is 10.9 Å². The van der Waals surface area contributed by atoms with Crippen LogP contribution in [0.3, 0.4) is 0 Å². The molecule has 0 aliphatic carbocycles. The minimum atomic E-state index is -0.185. The number of thiazole rings is 1. The van der Waals surface area contributed by atoms with E-state index in [4.69, 9.17) is 14.5 Å². The number of amides is 1. The van der Waals surface area contributed by atoms with Gasteiger partial charge in [0, 0.05) is 5.56 Å². The van der Waals surface area contributed by atoms with Gasteiger partial charge in [-0.1, -0.05) is 78.1 Å². The molecule has 1 aliphatic rings. The number of anilines is 1. The van der Waals surface area contributed by atoms with Gasteiger partial charge in [-0.2, -0.15) is 0 Å². The minimum Gasteiger partial charge on any atom is -0.493 e. The second kappa shape index (κ2) is 9.29. The van der Waals surface area contributed by atoms with E-state index in [2.05, 4.69) is 24.3 Å². The van der Waals surface area contributed by atoms with Gasteiger partial charge in [0.15, 0.2) is 16.6 Å². The first kappa shape index (κ1) is 21.6. The third-order valence-corrected chi connectivity index (χ3v) is 7.78. The Kier molecular flexibility index (Phi) is 6.07. The molecule has 1 aromatic heterocycles. The highest BCUT2D eigenvalue weighted by Gasteiger charge is 2.37. The number of ether oxygens (including phenoxy) is 2. The number of carbonyl (C=O) groups is 1. The van der Waals surface area contributed by atoms with Crippen molar-refractivity contribution in [2.75, 3.05) is 24.9 Å². The highest BCUT2D eigenvalue weighted by molar-refractivity contribution is 8.00. The maximum Gasteiger partial charge on any atom is 0.240 e. The van der Waals surface area contributed by atoms with Crippen molar-refractivity contribution in [2.24, 2.45) is 0 Å². The average Bonchev–Trinajstić information content (AvgIpc) is 3.48. The molecule has 0 spiro atoms. The quantitative estimate of drug-likeness (QED) is 0.330. The first-order valence-electron chi connectivity index (χ1n) is 10.5. The van der Waals surface area contributed by atoms with Gasteiger partial charge in [0.05, 0.1) is 30.5 Å². The molecular formula is C26H22N2O3S2. The SMILES string of the molecule is COc1ccc(C2SCC(=O)N2c2nc(-c3ccccc3)c(-c3ccccc3)s2)cc1OC. The summed E-state index contributed by atoms with van der Waals surface area (Å²) in [6.07, 6.45) is 0. The zero-order valence-corrected chi connectivity index (χ0v) is 19.9. The topological polar surface area (TPSA) is 51.7 Å². The smallest absolute Gasteiger partial charge is 0.240 e. The van der Waals surface area contributed by atoms with Crippen LogP contribution in [0.15, 0.2) is 78.9 Å². The maximum absolute atomic E-state index is 13.0. The van der Waals surface area contributed by atoms with Crippen LogP contribution in [-0.2, 0) is 4.79 Å². The van der Waals surface area contributed by atoms with Gasteiger partial charge in [-0.3, -0.25) is 9.69 Å². The van der Waals surface area contributed by atoms with Crippen molar-refractivity contribution >= 4 is 34.1 Å². The van der Waals surface area contributed by atoms with E-state index >= 15 is 0 Å². The third kappa shape index (κ3) is 4.10. The lowest BCUT2D eigenvalue weighted by Crippen LogP contribution is -2.27. The minimum absolute atomic E-state index is 0.0489. The number of aromatic nitrogens is 1. The highest BCUT2D eigenvalue weighted by atomic mass is 32.2. The van der Waals surface area contributed by atoms with Crippen LogP contribution >= 0.6 is 23.1 Å². The molecule has 1 unspecified atom stereocenters. The molecule has 2 heterocycles. The molecule has 4 aromatic rings. The molecule has 166 valence electrons. The molecule has 1 fully saturated rings. The number of hydrogen-bond donors (Lipinski definition) is 0. The molecule has 1 saturated heterocycles. The molecule has 1 amide bonds. The first-order chi connectivity index (χ1) is 16.2. The summed E-state index contributed by atoms with van der Waals surface area (Å²) in [5, 5.41) is 0.512. The third-order valence-electron chi connectivity index (χ3n) is 5.47. The summed E-state index contributed by atoms with van der Waals surface area (Å²) in [5.74, 6) is 1.76. The zero-order valence-electron chi connectivity index (χ0n) is 18.2. The van der Waals surface area contributed by atoms with Crippen molar-refractivity contribution < 1.29 is 14.3 Å². The van der Waals surface area contributed by atoms with Gasteiger partial charge in [0.25, 0.3) is 0 Å². The Morgan fingerprint density at radius 3 is 2.21 bits per heavy atom. The summed E-state index contributed by atoms with van der Waals surface area (Å²) in [7, 11) is 3.23. The van der Waals surface area contributed by atoms with Crippen molar-refractivity contribution in [1.82, 2.24) is 4.98 Å². The van der Waals surface area contributed by atoms with Gasteiger partial charge in [0.2, 0.25) is 5.91 Å². The Morgan fingerprint density at radius 2 is 1.55 bits per heavy atom. The average molecular weight is 475 g/mol. The standard InChI is InChI=1S/C26H22N2O3S2/c1-30-20-14-13-19(15-21(20)31-2)25-28(22(29)16-32-25)26-27-23(17-9-5-3-6-10-17)24(33-26)18-11-7-4-8-12-18/h3-15,25H,16H2,1-2H3. The van der Waals surface area contributed by atoms with Crippen molar-refractivity contribution in [3.8, 4) is 33.2 Å². The molecule has 1 atom stereocenters. The van der Waals surface area contributed by atoms with E-state index in [-0.39, 0.29) is 11.3 Å². The van der Waals surface area contributed by atoms with Crippen LogP contribution in [-0.4, -0.2) is 30.9 Å². The molecule has 0 saturated carbocycles. The number of rotatable bonds is 6. The number of thioether (sulfide) groups is 1. The Labute approximate surface area is 201 Å². The fourth-order valence-corrected chi connectivity index (χ4v) is 6.22. The lowest BCUT2D eigenvalue weighted by atomic mass is 10.1. The fraction of sp³-hybridized carbons (Fsp3) is 0.154. The van der Waals surface area contributed by atoms with E-state index in [1.807, 2.05) is 59.5 Å². The summed E-state index contributed by atoms with van der Waals surface area (Å²) in [5.41, 5.74) is 3.97. The van der Waals surface area contributed by atoms with Crippen LogP contribution in [0.2, 0.25) is 0 Å². The van der Waals surface area contributed by atoms with E-state index in [0.717, 1.165) is 27.3 Å². The van der Waals surface area contributed by atoms with E-state index in [0.29, 0.717) is 22.4 Å². The van der Waals surface area contributed by atoms with Crippen molar-refractivity contribution in [2.45, 2.75) is 5.37 Å². The van der Waals surface area contributed by atoms with Crippen LogP contribution in [0.25, 0.3) is 21.7 Å². The normalized spacial score (nSPS) is 15.6. The van der Waals surface area contributed by atoms with Crippen molar-refractivity contribution in [3.05, 3.63) is 84.4 Å². The summed E-state index contributed by atoms with van der Waals surface area (Å²) in [6, 6.07) is 26.1. The molecule has 7 heteroatoms. The zero-order chi connectivity index (χ0) is 22.8. The molecule has 5 nitrogen and oxygen atoms in total. The first-order valence-corrected chi connectivity index (χ1v) is 12.3. The maximum atomic E-state index is 13.0. The number of hydrogen-bond acceptors (Lipinski definition) is 6. The van der Waals surface area contributed by atoms with Gasteiger partial charge in [0.1, 0.15) is 5.37 Å². The number of nitrogens with zero attached hydrogens (tertiary/aromatic N) is 2. The van der Waals surface area contributed by atoms with Gasteiger partial charge in [-0.15, -0.1) is 11.8 Å². The largest absolute Gasteiger partial charge is 0.493 e. The molecular weight excluding hydrogens is 452 g/mol. The van der Waals surface area contributed by atoms with Gasteiger partial charge >= 0.3 is 0 Å². The van der Waals surface area contributed by atoms with Crippen molar-refractivity contribution in [3.63, 3.8) is 0 Å². The second-order valence-corrected chi connectivity index (χ2v) is 9.49. The molecule has 0 N–H and O–H groups in total. The second-order valence-electron chi connectivity index (χ2n) is 7.45. The molecule has 0 bridgehead atoms. The Bertz CT molecular complexity index is 1220. The van der Waals surface area contributed by atoms with Gasteiger partial charge < -0.3 is 9.47 Å². The van der Waals surface area contributed by atoms with Crippen LogP contribution in [0, 0.1) is 0 Å². The number of benzene rings is 3. The lowest BCUT2D eigenvalue weighted by Gasteiger charge is -2.22. The Morgan fingerprint density at radius 1 is 0.879 bits per heavy atom. The van der Waals surface area contributed by atoms with E-state index in [9.17, 15) is 4.79 Å². The number of carbonyl (C=O) groups excluding carboxylic acids is 1. The molecule has 0 radical (unpaired) electrons. The highest BCUT2D eigenvalue weighted by Crippen LogP contribution is 2.48. The summed E-state index contributed by atoms with van der Waals surface area (Å²) in [6.45, 7) is 0. The molecule has 5 rings (SSSR count). The molecule has 3 aromatic carbocycles.